The number of fused-ring (bicyclic) bond motifs is 1. The second-order valence-electron chi connectivity index (χ2n) is 8.97. The summed E-state index contributed by atoms with van der Waals surface area (Å²) in [5.41, 5.74) is 4.39. The molecule has 3 aromatic rings. The first-order chi connectivity index (χ1) is 15.5. The van der Waals surface area contributed by atoms with Crippen molar-refractivity contribution in [2.75, 3.05) is 26.7 Å². The van der Waals surface area contributed by atoms with Crippen molar-refractivity contribution >= 4 is 16.8 Å². The minimum Gasteiger partial charge on any atom is -0.497 e. The number of nitrogens with one attached hydrogen (secondary N) is 2. The number of ether oxygens (including phenoxy) is 1. The molecule has 1 aromatic heterocycles. The third-order valence-corrected chi connectivity index (χ3v) is 6.64. The van der Waals surface area contributed by atoms with Gasteiger partial charge in [-0.05, 0) is 75.6 Å². The zero-order valence-corrected chi connectivity index (χ0v) is 19.4. The summed E-state index contributed by atoms with van der Waals surface area (Å²) in [6.45, 7) is 7.46. The lowest BCUT2D eigenvalue weighted by Crippen LogP contribution is -3.16. The smallest absolute Gasteiger partial charge is 0.252 e. The molecule has 1 aliphatic heterocycles. The molecule has 1 aliphatic rings. The van der Waals surface area contributed by atoms with Crippen LogP contribution in [-0.2, 0) is 0 Å². The van der Waals surface area contributed by atoms with Crippen LogP contribution in [0.4, 0.5) is 0 Å². The summed E-state index contributed by atoms with van der Waals surface area (Å²) >= 11 is 0. The first-order valence-electron chi connectivity index (χ1n) is 11.7. The number of quaternary nitrogens is 1. The summed E-state index contributed by atoms with van der Waals surface area (Å²) in [6.07, 6.45) is 4.99. The molecule has 0 saturated carbocycles. The lowest BCUT2D eigenvalue weighted by Gasteiger charge is -2.30. The standard InChI is InChI=1S/C27H33N3O2/c1-19-8-13-25-23(17-19)24(18-26(29-25)21-9-11-22(32-3)12-10-21)27(31)28-14-6-16-30-15-5-4-7-20(30)2/h8-13,17-18,20H,4-7,14-16H2,1-3H3,(H,28,31)/p+1/t20-/m0/s1. The topological polar surface area (TPSA) is 55.7 Å². The summed E-state index contributed by atoms with van der Waals surface area (Å²) in [7, 11) is 1.65. The Morgan fingerprint density at radius 1 is 1.16 bits per heavy atom. The van der Waals surface area contributed by atoms with Gasteiger partial charge in [0.05, 0.1) is 43.0 Å². The molecule has 32 heavy (non-hydrogen) atoms. The van der Waals surface area contributed by atoms with E-state index in [0.717, 1.165) is 52.5 Å². The normalized spacial score (nSPS) is 18.5. The molecule has 2 heterocycles. The summed E-state index contributed by atoms with van der Waals surface area (Å²) in [5.74, 6) is 0.771. The second kappa shape index (κ2) is 10.1. The SMILES string of the molecule is COc1ccc(-c2cc(C(=O)NCCC[NH+]3CCCC[C@@H]3C)c3cc(C)ccc3n2)cc1. The molecule has 168 valence electrons. The molecule has 5 nitrogen and oxygen atoms in total. The molecule has 1 amide bonds. The number of likely N-dealkylation sites (tertiary alicyclic amines) is 1. The fourth-order valence-corrected chi connectivity index (χ4v) is 4.67. The van der Waals surface area contributed by atoms with Crippen LogP contribution in [0.3, 0.4) is 0 Å². The first-order valence-corrected chi connectivity index (χ1v) is 11.7. The quantitative estimate of drug-likeness (QED) is 0.559. The summed E-state index contributed by atoms with van der Waals surface area (Å²) in [6, 6.07) is 16.5. The number of benzene rings is 2. The van der Waals surface area contributed by atoms with Crippen molar-refractivity contribution in [1.82, 2.24) is 10.3 Å². The van der Waals surface area contributed by atoms with Crippen molar-refractivity contribution in [3.8, 4) is 17.0 Å². The number of methoxy groups -OCH3 is 1. The lowest BCUT2D eigenvalue weighted by atomic mass is 10.0. The van der Waals surface area contributed by atoms with Gasteiger partial charge in [-0.1, -0.05) is 11.6 Å². The maximum Gasteiger partial charge on any atom is 0.252 e. The van der Waals surface area contributed by atoms with Gasteiger partial charge in [-0.2, -0.15) is 0 Å². The Morgan fingerprint density at radius 3 is 2.72 bits per heavy atom. The van der Waals surface area contributed by atoms with Gasteiger partial charge in [0.15, 0.2) is 0 Å². The third-order valence-electron chi connectivity index (χ3n) is 6.64. The minimum absolute atomic E-state index is 0.0283. The molecule has 0 radical (unpaired) electrons. The van der Waals surface area contributed by atoms with Crippen molar-refractivity contribution in [3.63, 3.8) is 0 Å². The van der Waals surface area contributed by atoms with Crippen molar-refractivity contribution in [2.24, 2.45) is 0 Å². The Hall–Kier alpha value is -2.92. The molecule has 0 spiro atoms. The Bertz CT molecular complexity index is 1080. The van der Waals surface area contributed by atoms with Gasteiger partial charge in [-0.25, -0.2) is 4.98 Å². The minimum atomic E-state index is -0.0283. The van der Waals surface area contributed by atoms with E-state index >= 15 is 0 Å². The zero-order chi connectivity index (χ0) is 22.5. The number of aryl methyl sites for hydroxylation is 1. The highest BCUT2D eigenvalue weighted by Gasteiger charge is 2.21. The molecule has 2 aromatic carbocycles. The van der Waals surface area contributed by atoms with Crippen LogP contribution in [-0.4, -0.2) is 43.7 Å². The van der Waals surface area contributed by atoms with Crippen LogP contribution in [0.2, 0.25) is 0 Å². The van der Waals surface area contributed by atoms with Gasteiger partial charge in [-0.3, -0.25) is 4.79 Å². The number of nitrogens with zero attached hydrogens (tertiary/aromatic N) is 1. The number of hydrogen-bond donors (Lipinski definition) is 2. The van der Waals surface area contributed by atoms with Crippen molar-refractivity contribution < 1.29 is 14.4 Å². The molecule has 2 N–H and O–H groups in total. The molecule has 4 rings (SSSR count). The predicted octanol–water partition coefficient (Wildman–Crippen LogP) is 3.80. The van der Waals surface area contributed by atoms with E-state index in [1.807, 2.05) is 49.4 Å². The number of carbonyl (C=O) groups excluding carboxylic acids is 1. The second-order valence-corrected chi connectivity index (χ2v) is 8.97. The monoisotopic (exact) mass is 432 g/mol. The number of rotatable bonds is 7. The summed E-state index contributed by atoms with van der Waals surface area (Å²) in [4.78, 5) is 19.7. The summed E-state index contributed by atoms with van der Waals surface area (Å²) in [5, 5.41) is 4.06. The third kappa shape index (κ3) is 5.10. The van der Waals surface area contributed by atoms with Crippen LogP contribution in [0.1, 0.15) is 48.5 Å². The number of piperidine rings is 1. The Labute approximate surface area is 190 Å². The highest BCUT2D eigenvalue weighted by molar-refractivity contribution is 6.07. The van der Waals surface area contributed by atoms with E-state index in [1.165, 1.54) is 25.8 Å². The van der Waals surface area contributed by atoms with Gasteiger partial charge in [-0.15, -0.1) is 0 Å². The van der Waals surface area contributed by atoms with Gasteiger partial charge in [0.25, 0.3) is 5.91 Å². The average molecular weight is 433 g/mol. The Balaban J connectivity index is 1.52. The molecule has 1 saturated heterocycles. The van der Waals surface area contributed by atoms with E-state index in [4.69, 9.17) is 9.72 Å². The molecular formula is C27H34N3O2+. The lowest BCUT2D eigenvalue weighted by molar-refractivity contribution is -0.928. The van der Waals surface area contributed by atoms with Crippen LogP contribution < -0.4 is 15.0 Å². The molecule has 1 fully saturated rings. The molecule has 5 heteroatoms. The van der Waals surface area contributed by atoms with Crippen molar-refractivity contribution in [3.05, 3.63) is 59.7 Å². The van der Waals surface area contributed by atoms with Gasteiger partial charge in [0.2, 0.25) is 0 Å². The molecule has 2 atom stereocenters. The highest BCUT2D eigenvalue weighted by Crippen LogP contribution is 2.27. The number of hydrogen-bond acceptors (Lipinski definition) is 3. The van der Waals surface area contributed by atoms with E-state index in [2.05, 4.69) is 18.3 Å². The molecule has 0 aliphatic carbocycles. The summed E-state index contributed by atoms with van der Waals surface area (Å²) < 4.78 is 5.27. The first kappa shape index (κ1) is 22.3. The number of amides is 1. The van der Waals surface area contributed by atoms with E-state index < -0.39 is 0 Å². The van der Waals surface area contributed by atoms with Crippen LogP contribution in [0.15, 0.2) is 48.5 Å². The highest BCUT2D eigenvalue weighted by atomic mass is 16.5. The van der Waals surface area contributed by atoms with Crippen molar-refractivity contribution in [1.29, 1.82) is 0 Å². The zero-order valence-electron chi connectivity index (χ0n) is 19.4. The van der Waals surface area contributed by atoms with E-state index in [9.17, 15) is 4.79 Å². The van der Waals surface area contributed by atoms with Gasteiger partial charge in [0, 0.05) is 23.9 Å². The van der Waals surface area contributed by atoms with Crippen LogP contribution in [0.5, 0.6) is 5.75 Å². The van der Waals surface area contributed by atoms with E-state index in [-0.39, 0.29) is 5.91 Å². The molecule has 1 unspecified atom stereocenters. The Morgan fingerprint density at radius 2 is 1.97 bits per heavy atom. The van der Waals surface area contributed by atoms with Gasteiger partial charge >= 0.3 is 0 Å². The van der Waals surface area contributed by atoms with Crippen LogP contribution >= 0.6 is 0 Å². The van der Waals surface area contributed by atoms with E-state index in [0.29, 0.717) is 12.1 Å². The largest absolute Gasteiger partial charge is 0.497 e. The van der Waals surface area contributed by atoms with Gasteiger partial charge in [0.1, 0.15) is 5.75 Å². The molecule has 0 bridgehead atoms. The number of aromatic nitrogens is 1. The van der Waals surface area contributed by atoms with Crippen molar-refractivity contribution in [2.45, 2.75) is 45.6 Å². The number of carbonyl (C=O) groups is 1. The number of pyridine rings is 1. The van der Waals surface area contributed by atoms with Gasteiger partial charge < -0.3 is 15.0 Å². The Kier molecular flexibility index (Phi) is 7.05. The fourth-order valence-electron chi connectivity index (χ4n) is 4.67. The van der Waals surface area contributed by atoms with Crippen LogP contribution in [0, 0.1) is 6.92 Å². The van der Waals surface area contributed by atoms with Crippen LogP contribution in [0.25, 0.3) is 22.2 Å². The maximum atomic E-state index is 13.2. The molecular weight excluding hydrogens is 398 g/mol. The average Bonchev–Trinajstić information content (AvgIpc) is 2.82. The van der Waals surface area contributed by atoms with E-state index in [1.54, 1.807) is 12.0 Å². The fraction of sp³-hybridized carbons (Fsp3) is 0.407. The predicted molar refractivity (Wildman–Crippen MR) is 129 cm³/mol. The maximum absolute atomic E-state index is 13.2.